The molecular formula is C17H23NO2. The summed E-state index contributed by atoms with van der Waals surface area (Å²) in [7, 11) is 1.71. The van der Waals surface area contributed by atoms with Crippen LogP contribution in [0.15, 0.2) is 34.7 Å². The van der Waals surface area contributed by atoms with Gasteiger partial charge in [-0.25, -0.2) is 0 Å². The fraction of sp³-hybridized carbons (Fsp3) is 0.412. The highest BCUT2D eigenvalue weighted by atomic mass is 16.5. The monoisotopic (exact) mass is 273 g/mol. The number of methoxy groups -OCH3 is 1. The molecule has 0 fully saturated rings. The number of hydrogen-bond acceptors (Lipinski definition) is 3. The molecule has 0 spiro atoms. The molecule has 0 bridgehead atoms. The average molecular weight is 273 g/mol. The third-order valence-corrected chi connectivity index (χ3v) is 3.54. The molecule has 2 atom stereocenters. The van der Waals surface area contributed by atoms with Gasteiger partial charge in [0.15, 0.2) is 0 Å². The molecule has 3 heteroatoms. The van der Waals surface area contributed by atoms with E-state index in [1.54, 1.807) is 7.11 Å². The predicted octanol–water partition coefficient (Wildman–Crippen LogP) is 4.32. The molecule has 1 heterocycles. The molecule has 3 nitrogen and oxygen atoms in total. The Morgan fingerprint density at radius 2 is 1.80 bits per heavy atom. The Balaban J connectivity index is 2.13. The molecule has 20 heavy (non-hydrogen) atoms. The normalized spacial score (nSPS) is 14.1. The van der Waals surface area contributed by atoms with Gasteiger partial charge in [-0.15, -0.1) is 0 Å². The zero-order chi connectivity index (χ0) is 14.7. The van der Waals surface area contributed by atoms with Gasteiger partial charge in [0.1, 0.15) is 17.3 Å². The van der Waals surface area contributed by atoms with Crippen molar-refractivity contribution in [3.05, 3.63) is 53.0 Å². The molecule has 1 aromatic heterocycles. The van der Waals surface area contributed by atoms with E-state index >= 15 is 0 Å². The molecule has 1 aromatic carbocycles. The lowest BCUT2D eigenvalue weighted by atomic mass is 10.0. The van der Waals surface area contributed by atoms with E-state index in [0.29, 0.717) is 0 Å². The highest BCUT2D eigenvalue weighted by molar-refractivity contribution is 5.39. The van der Waals surface area contributed by atoms with Gasteiger partial charge >= 0.3 is 0 Å². The molecule has 108 valence electrons. The van der Waals surface area contributed by atoms with Crippen molar-refractivity contribution in [2.24, 2.45) is 0 Å². The Kier molecular flexibility index (Phi) is 4.50. The van der Waals surface area contributed by atoms with Crippen LogP contribution < -0.4 is 10.1 Å². The Labute approximate surface area is 121 Å². The topological polar surface area (TPSA) is 34.4 Å². The zero-order valence-corrected chi connectivity index (χ0v) is 12.9. The van der Waals surface area contributed by atoms with Crippen molar-refractivity contribution in [1.82, 2.24) is 5.32 Å². The van der Waals surface area contributed by atoms with Crippen molar-refractivity contribution in [2.75, 3.05) is 7.11 Å². The lowest BCUT2D eigenvalue weighted by Crippen LogP contribution is -2.22. The van der Waals surface area contributed by atoms with Crippen LogP contribution in [-0.2, 0) is 0 Å². The summed E-state index contributed by atoms with van der Waals surface area (Å²) in [5.41, 5.74) is 2.36. The largest absolute Gasteiger partial charge is 0.496 e. The first-order valence-corrected chi connectivity index (χ1v) is 6.98. The van der Waals surface area contributed by atoms with E-state index in [0.717, 1.165) is 22.8 Å². The van der Waals surface area contributed by atoms with Crippen LogP contribution in [0, 0.1) is 13.8 Å². The summed E-state index contributed by atoms with van der Waals surface area (Å²) in [5.74, 6) is 2.82. The quantitative estimate of drug-likeness (QED) is 0.881. The second-order valence-electron chi connectivity index (χ2n) is 5.30. The number of benzene rings is 1. The maximum absolute atomic E-state index is 5.66. The second-order valence-corrected chi connectivity index (χ2v) is 5.30. The number of ether oxygens (including phenoxy) is 1. The van der Waals surface area contributed by atoms with Crippen LogP contribution in [0.1, 0.15) is 48.6 Å². The molecule has 0 saturated carbocycles. The molecule has 1 N–H and O–H groups in total. The third kappa shape index (κ3) is 3.23. The van der Waals surface area contributed by atoms with Crippen molar-refractivity contribution < 1.29 is 9.15 Å². The Bertz CT molecular complexity index is 574. The van der Waals surface area contributed by atoms with E-state index in [4.69, 9.17) is 9.15 Å². The summed E-state index contributed by atoms with van der Waals surface area (Å²) in [6.07, 6.45) is 0. The number of nitrogens with one attached hydrogen (secondary N) is 1. The highest BCUT2D eigenvalue weighted by Gasteiger charge is 2.16. The number of hydrogen-bond donors (Lipinski definition) is 1. The maximum Gasteiger partial charge on any atom is 0.123 e. The SMILES string of the molecule is COc1cc(C)ccc1C(C)NC(C)c1ccc(C)o1. The van der Waals surface area contributed by atoms with Crippen molar-refractivity contribution in [1.29, 1.82) is 0 Å². The molecule has 2 aromatic rings. The van der Waals surface area contributed by atoms with Gasteiger partial charge in [-0.3, -0.25) is 0 Å². The van der Waals surface area contributed by atoms with E-state index in [-0.39, 0.29) is 12.1 Å². The number of rotatable bonds is 5. The number of aryl methyl sites for hydroxylation is 2. The van der Waals surface area contributed by atoms with Gasteiger partial charge < -0.3 is 14.5 Å². The van der Waals surface area contributed by atoms with Gasteiger partial charge in [-0.1, -0.05) is 12.1 Å². The average Bonchev–Trinajstić information content (AvgIpc) is 2.85. The molecule has 0 radical (unpaired) electrons. The minimum absolute atomic E-state index is 0.157. The summed E-state index contributed by atoms with van der Waals surface area (Å²) in [5, 5.41) is 3.55. The van der Waals surface area contributed by atoms with Gasteiger partial charge in [-0.2, -0.15) is 0 Å². The maximum atomic E-state index is 5.66. The number of furan rings is 1. The minimum atomic E-state index is 0.157. The first-order chi connectivity index (χ1) is 9.51. The van der Waals surface area contributed by atoms with E-state index in [9.17, 15) is 0 Å². The van der Waals surface area contributed by atoms with Crippen molar-refractivity contribution in [3.63, 3.8) is 0 Å². The Morgan fingerprint density at radius 3 is 2.40 bits per heavy atom. The van der Waals surface area contributed by atoms with Crippen molar-refractivity contribution in [2.45, 2.75) is 39.8 Å². The standard InChI is InChI=1S/C17H23NO2/c1-11-6-8-15(17(10-11)19-5)13(3)18-14(4)16-9-7-12(2)20-16/h6-10,13-14,18H,1-5H3. The van der Waals surface area contributed by atoms with E-state index < -0.39 is 0 Å². The zero-order valence-electron chi connectivity index (χ0n) is 12.9. The molecule has 0 aliphatic rings. The van der Waals surface area contributed by atoms with E-state index in [2.05, 4.69) is 44.3 Å². The van der Waals surface area contributed by atoms with Crippen LogP contribution in [-0.4, -0.2) is 7.11 Å². The molecule has 2 rings (SSSR count). The first-order valence-electron chi connectivity index (χ1n) is 6.98. The molecule has 0 aliphatic carbocycles. The molecule has 2 unspecified atom stereocenters. The summed E-state index contributed by atoms with van der Waals surface area (Å²) in [6.45, 7) is 8.27. The van der Waals surface area contributed by atoms with Crippen LogP contribution >= 0.6 is 0 Å². The van der Waals surface area contributed by atoms with Crippen molar-refractivity contribution in [3.8, 4) is 5.75 Å². The summed E-state index contributed by atoms with van der Waals surface area (Å²) >= 11 is 0. The molecular weight excluding hydrogens is 250 g/mol. The highest BCUT2D eigenvalue weighted by Crippen LogP contribution is 2.28. The summed E-state index contributed by atoms with van der Waals surface area (Å²) in [6, 6.07) is 10.6. The van der Waals surface area contributed by atoms with Gasteiger partial charge in [0, 0.05) is 11.6 Å². The van der Waals surface area contributed by atoms with Crippen LogP contribution in [0.4, 0.5) is 0 Å². The second kappa shape index (κ2) is 6.14. The fourth-order valence-electron chi connectivity index (χ4n) is 2.41. The van der Waals surface area contributed by atoms with Gasteiger partial charge in [0.25, 0.3) is 0 Å². The summed E-state index contributed by atoms with van der Waals surface area (Å²) in [4.78, 5) is 0. The van der Waals surface area contributed by atoms with Crippen molar-refractivity contribution >= 4 is 0 Å². The Morgan fingerprint density at radius 1 is 1.05 bits per heavy atom. The lowest BCUT2D eigenvalue weighted by Gasteiger charge is -2.21. The molecule has 0 aliphatic heterocycles. The van der Waals surface area contributed by atoms with Crippen LogP contribution in [0.25, 0.3) is 0 Å². The lowest BCUT2D eigenvalue weighted by molar-refractivity contribution is 0.375. The van der Waals surface area contributed by atoms with Crippen LogP contribution in [0.2, 0.25) is 0 Å². The van der Waals surface area contributed by atoms with Gasteiger partial charge in [0.05, 0.1) is 13.2 Å². The van der Waals surface area contributed by atoms with Gasteiger partial charge in [-0.05, 0) is 51.5 Å². The van der Waals surface area contributed by atoms with Crippen LogP contribution in [0.5, 0.6) is 5.75 Å². The third-order valence-electron chi connectivity index (χ3n) is 3.54. The van der Waals surface area contributed by atoms with Gasteiger partial charge in [0.2, 0.25) is 0 Å². The fourth-order valence-corrected chi connectivity index (χ4v) is 2.41. The Hall–Kier alpha value is -1.74. The molecule has 0 amide bonds. The summed E-state index contributed by atoms with van der Waals surface area (Å²) < 4.78 is 11.1. The van der Waals surface area contributed by atoms with Crippen LogP contribution in [0.3, 0.4) is 0 Å². The smallest absolute Gasteiger partial charge is 0.123 e. The van der Waals surface area contributed by atoms with E-state index in [1.165, 1.54) is 5.56 Å². The predicted molar refractivity (Wildman–Crippen MR) is 81.1 cm³/mol. The first kappa shape index (κ1) is 14.7. The van der Waals surface area contributed by atoms with E-state index in [1.807, 2.05) is 19.1 Å². The minimum Gasteiger partial charge on any atom is -0.496 e. The molecule has 0 saturated heterocycles.